The van der Waals surface area contributed by atoms with Gasteiger partial charge in [-0.1, -0.05) is 22.0 Å². The summed E-state index contributed by atoms with van der Waals surface area (Å²) >= 11 is 3.58. The van der Waals surface area contributed by atoms with E-state index in [0.29, 0.717) is 5.69 Å². The van der Waals surface area contributed by atoms with Crippen molar-refractivity contribution in [2.24, 2.45) is 0 Å². The first-order valence-corrected chi connectivity index (χ1v) is 13.8. The van der Waals surface area contributed by atoms with E-state index in [1.807, 2.05) is 24.3 Å². The summed E-state index contributed by atoms with van der Waals surface area (Å²) in [5, 5.41) is 16.4. The molecule has 0 spiro atoms. The first-order valence-electron chi connectivity index (χ1n) is 11.4. The lowest BCUT2D eigenvalue weighted by Gasteiger charge is -2.28. The van der Waals surface area contributed by atoms with Gasteiger partial charge in [0.2, 0.25) is 0 Å². The van der Waals surface area contributed by atoms with Crippen molar-refractivity contribution < 1.29 is 18.5 Å². The van der Waals surface area contributed by atoms with Gasteiger partial charge in [-0.05, 0) is 68.8 Å². The van der Waals surface area contributed by atoms with Gasteiger partial charge in [0.15, 0.2) is 5.78 Å². The number of rotatable bonds is 10. The largest absolute Gasteiger partial charge is 0.368 e. The van der Waals surface area contributed by atoms with Crippen LogP contribution in [0, 0.1) is 10.1 Å². The molecule has 184 valence electrons. The molecular formula is C25H27BrN3O5P. The third-order valence-electron chi connectivity index (χ3n) is 5.80. The van der Waals surface area contributed by atoms with Gasteiger partial charge in [-0.2, -0.15) is 0 Å². The fourth-order valence-electron chi connectivity index (χ4n) is 4.33. The third-order valence-corrected chi connectivity index (χ3v) is 8.59. The average Bonchev–Trinajstić information content (AvgIpc) is 3.15. The molecule has 35 heavy (non-hydrogen) atoms. The second-order valence-corrected chi connectivity index (χ2v) is 10.9. The van der Waals surface area contributed by atoms with E-state index in [9.17, 15) is 14.7 Å². The molecular weight excluding hydrogens is 533 g/mol. The number of benzene rings is 3. The fraction of sp³-hybridized carbons (Fsp3) is 0.280. The lowest BCUT2D eigenvalue weighted by Crippen LogP contribution is -2.15. The Morgan fingerprint density at radius 1 is 0.971 bits per heavy atom. The van der Waals surface area contributed by atoms with Gasteiger partial charge in [0.25, 0.3) is 5.69 Å². The van der Waals surface area contributed by atoms with Crippen molar-refractivity contribution in [1.82, 2.24) is 4.57 Å². The van der Waals surface area contributed by atoms with Gasteiger partial charge in [-0.15, -0.1) is 0 Å². The van der Waals surface area contributed by atoms with Crippen LogP contribution in [0.2, 0.25) is 0 Å². The van der Waals surface area contributed by atoms with E-state index in [1.54, 1.807) is 26.0 Å². The number of hydrogen-bond acceptors (Lipinski definition) is 6. The molecule has 4 aromatic rings. The van der Waals surface area contributed by atoms with Gasteiger partial charge in [-0.3, -0.25) is 14.7 Å². The first-order chi connectivity index (χ1) is 16.8. The molecule has 0 fully saturated rings. The number of nitrogens with one attached hydrogen (secondary N) is 1. The normalized spacial score (nSPS) is 12.8. The van der Waals surface area contributed by atoms with Crippen LogP contribution in [0.25, 0.3) is 21.8 Å². The van der Waals surface area contributed by atoms with Gasteiger partial charge in [-0.25, -0.2) is 0 Å². The number of fused-ring (bicyclic) bond motifs is 3. The minimum absolute atomic E-state index is 0.0238. The molecule has 1 heterocycles. The van der Waals surface area contributed by atoms with Gasteiger partial charge in [0, 0.05) is 50.6 Å². The number of non-ortho nitro benzene ring substituents is 1. The highest BCUT2D eigenvalue weighted by Gasteiger charge is 2.37. The number of aromatic nitrogens is 1. The number of halogens is 1. The Kier molecular flexibility index (Phi) is 7.62. The Bertz CT molecular complexity index is 1410. The van der Waals surface area contributed by atoms with E-state index < -0.39 is 18.3 Å². The Balaban J connectivity index is 1.88. The molecule has 8 nitrogen and oxygen atoms in total. The summed E-state index contributed by atoms with van der Waals surface area (Å²) in [4.78, 5) is 10.6. The van der Waals surface area contributed by atoms with Crippen LogP contribution in [-0.2, 0) is 20.2 Å². The van der Waals surface area contributed by atoms with Gasteiger partial charge < -0.3 is 18.9 Å². The number of aryl methyl sites for hydroxylation is 1. The van der Waals surface area contributed by atoms with Crippen LogP contribution in [0.15, 0.2) is 65.1 Å². The van der Waals surface area contributed by atoms with E-state index in [0.717, 1.165) is 38.4 Å². The quantitative estimate of drug-likeness (QED) is 0.121. The predicted molar refractivity (Wildman–Crippen MR) is 143 cm³/mol. The number of nitro groups is 1. The Morgan fingerprint density at radius 2 is 1.57 bits per heavy atom. The van der Waals surface area contributed by atoms with Crippen LogP contribution in [0.4, 0.5) is 11.4 Å². The Morgan fingerprint density at radius 3 is 2.14 bits per heavy atom. The zero-order chi connectivity index (χ0) is 25.2. The number of nitrogens with zero attached hydrogens (tertiary/aromatic N) is 2. The van der Waals surface area contributed by atoms with Gasteiger partial charge >= 0.3 is 7.60 Å². The molecule has 3 aromatic carbocycles. The lowest BCUT2D eigenvalue weighted by molar-refractivity contribution is -0.384. The minimum atomic E-state index is -3.66. The molecule has 0 saturated heterocycles. The maximum atomic E-state index is 14.0. The second kappa shape index (κ2) is 10.5. The van der Waals surface area contributed by atoms with Crippen LogP contribution in [0.5, 0.6) is 0 Å². The van der Waals surface area contributed by atoms with E-state index in [4.69, 9.17) is 9.05 Å². The van der Waals surface area contributed by atoms with Crippen LogP contribution < -0.4 is 5.32 Å². The third kappa shape index (κ3) is 5.00. The molecule has 1 unspecified atom stereocenters. The van der Waals surface area contributed by atoms with Crippen molar-refractivity contribution in [3.63, 3.8) is 0 Å². The van der Waals surface area contributed by atoms with Gasteiger partial charge in [0.05, 0.1) is 18.1 Å². The zero-order valence-electron chi connectivity index (χ0n) is 19.7. The smallest absolute Gasteiger partial charge is 0.357 e. The average molecular weight is 560 g/mol. The predicted octanol–water partition coefficient (Wildman–Crippen LogP) is 7.86. The highest BCUT2D eigenvalue weighted by molar-refractivity contribution is 9.10. The molecule has 10 heteroatoms. The maximum Gasteiger partial charge on any atom is 0.357 e. The van der Waals surface area contributed by atoms with Gasteiger partial charge in [0.1, 0.15) is 0 Å². The first kappa shape index (κ1) is 25.4. The number of anilines is 1. The Hall–Kier alpha value is -2.71. The molecule has 0 saturated carbocycles. The van der Waals surface area contributed by atoms with E-state index >= 15 is 0 Å². The summed E-state index contributed by atoms with van der Waals surface area (Å²) in [6.07, 6.45) is 0. The molecule has 1 atom stereocenters. The summed E-state index contributed by atoms with van der Waals surface area (Å²) in [5.74, 6) is -0.819. The lowest BCUT2D eigenvalue weighted by atomic mass is 10.1. The molecule has 1 N–H and O–H groups in total. The Labute approximate surface area is 212 Å². The van der Waals surface area contributed by atoms with Crippen molar-refractivity contribution in [1.29, 1.82) is 0 Å². The fourth-order valence-corrected chi connectivity index (χ4v) is 6.62. The molecule has 0 aliphatic rings. The molecule has 0 radical (unpaired) electrons. The van der Waals surface area contributed by atoms with Crippen LogP contribution in [0.3, 0.4) is 0 Å². The monoisotopic (exact) mass is 559 g/mol. The molecule has 1 aromatic heterocycles. The summed E-state index contributed by atoms with van der Waals surface area (Å²) in [6.45, 7) is 6.86. The molecule has 0 amide bonds. The molecule has 0 bridgehead atoms. The van der Waals surface area contributed by atoms with Crippen molar-refractivity contribution in [3.05, 3.63) is 80.8 Å². The number of nitro benzene ring substituents is 1. The van der Waals surface area contributed by atoms with E-state index in [2.05, 4.69) is 44.9 Å². The molecule has 0 aliphatic heterocycles. The summed E-state index contributed by atoms with van der Waals surface area (Å²) < 4.78 is 28.6. The van der Waals surface area contributed by atoms with Crippen molar-refractivity contribution in [2.45, 2.75) is 33.1 Å². The standard InChI is InChI=1S/C25H27BrN3O5P/c1-4-28-23-13-7-17(15-21(23)22-16-18(26)8-14-24(22)28)25(35(32,33-5-2)34-6-3)27-19-9-11-20(12-10-19)29(30)31/h7-16,25,27H,4-6H2,1-3H3. The van der Waals surface area contributed by atoms with Crippen molar-refractivity contribution in [3.8, 4) is 0 Å². The minimum Gasteiger partial charge on any atom is -0.368 e. The molecule has 4 rings (SSSR count). The highest BCUT2D eigenvalue weighted by atomic mass is 79.9. The number of hydrogen-bond donors (Lipinski definition) is 1. The van der Waals surface area contributed by atoms with Crippen LogP contribution >= 0.6 is 23.5 Å². The summed E-state index contributed by atoms with van der Waals surface area (Å²) in [6, 6.07) is 18.1. The molecule has 0 aliphatic carbocycles. The topological polar surface area (TPSA) is 95.6 Å². The summed E-state index contributed by atoms with van der Waals surface area (Å²) in [7, 11) is -3.66. The van der Waals surface area contributed by atoms with E-state index in [1.165, 1.54) is 12.1 Å². The maximum absolute atomic E-state index is 14.0. The van der Waals surface area contributed by atoms with Crippen molar-refractivity contribution >= 4 is 56.7 Å². The second-order valence-electron chi connectivity index (χ2n) is 7.91. The summed E-state index contributed by atoms with van der Waals surface area (Å²) in [5.41, 5.74) is 3.46. The van der Waals surface area contributed by atoms with Crippen LogP contribution in [0.1, 0.15) is 32.1 Å². The highest BCUT2D eigenvalue weighted by Crippen LogP contribution is 2.61. The van der Waals surface area contributed by atoms with Crippen molar-refractivity contribution in [2.75, 3.05) is 18.5 Å². The SMILES string of the molecule is CCOP(=O)(OCC)C(Nc1ccc([N+](=O)[O-])cc1)c1ccc2c(c1)c1cc(Br)ccc1n2CC. The van der Waals surface area contributed by atoms with E-state index in [-0.39, 0.29) is 18.9 Å². The van der Waals surface area contributed by atoms with Crippen LogP contribution in [-0.4, -0.2) is 22.7 Å². The zero-order valence-corrected chi connectivity index (χ0v) is 22.2.